The summed E-state index contributed by atoms with van der Waals surface area (Å²) in [6.45, 7) is 0.152. The third-order valence-corrected chi connectivity index (χ3v) is 4.30. The molecular formula is C18H34N6O7. The normalized spacial score (nSPS) is 13.5. The molecule has 13 heteroatoms. The second kappa shape index (κ2) is 16.0. The van der Waals surface area contributed by atoms with Crippen LogP contribution in [0, 0.1) is 0 Å². The van der Waals surface area contributed by atoms with Crippen LogP contribution in [0.15, 0.2) is 0 Å². The summed E-state index contributed by atoms with van der Waals surface area (Å²) in [7, 11) is 0. The summed E-state index contributed by atoms with van der Waals surface area (Å²) in [5, 5.41) is 24.7. The first-order chi connectivity index (χ1) is 14.6. The number of rotatable bonds is 17. The molecule has 3 unspecified atom stereocenters. The van der Waals surface area contributed by atoms with Crippen molar-refractivity contribution >= 4 is 29.7 Å². The topological polar surface area (TPSA) is 240 Å². The van der Waals surface area contributed by atoms with Gasteiger partial charge in [0, 0.05) is 0 Å². The van der Waals surface area contributed by atoms with Gasteiger partial charge in [0.25, 0.3) is 0 Å². The Bertz CT molecular complexity index is 616. The Labute approximate surface area is 180 Å². The van der Waals surface area contributed by atoms with Crippen molar-refractivity contribution in [1.29, 1.82) is 0 Å². The zero-order chi connectivity index (χ0) is 23.8. The smallest absolute Gasteiger partial charge is 0.322 e. The first-order valence-electron chi connectivity index (χ1n) is 10.1. The van der Waals surface area contributed by atoms with Crippen molar-refractivity contribution in [2.45, 2.75) is 63.1 Å². The van der Waals surface area contributed by atoms with E-state index in [0.717, 1.165) is 0 Å². The predicted octanol–water partition coefficient (Wildman–Crippen LogP) is -2.78. The molecule has 0 saturated heterocycles. The maximum atomic E-state index is 12.8. The molecule has 0 rings (SSSR count). The Morgan fingerprint density at radius 1 is 0.710 bits per heavy atom. The van der Waals surface area contributed by atoms with Crippen molar-refractivity contribution in [3.05, 3.63) is 0 Å². The lowest BCUT2D eigenvalue weighted by molar-refractivity contribution is -0.140. The first-order valence-corrected chi connectivity index (χ1v) is 10.1. The lowest BCUT2D eigenvalue weighted by Gasteiger charge is -2.24. The summed E-state index contributed by atoms with van der Waals surface area (Å²) in [6, 6.07) is -3.44. The minimum absolute atomic E-state index is 0.195. The molecule has 13 nitrogen and oxygen atoms in total. The van der Waals surface area contributed by atoms with E-state index in [-0.39, 0.29) is 12.8 Å². The van der Waals surface area contributed by atoms with Crippen molar-refractivity contribution in [2.75, 3.05) is 19.6 Å². The standard InChI is InChI=1S/C18H34N6O7/c19-7-3-1-5-12(17(30)22-10-15(27)28)24-18(31)13(6-2-4-8-20)23-16(29)11(21)9-14(25)26/h11-13H,1-10,19-21H2,(H,22,30)(H,23,29)(H,24,31)(H,25,26)(H,27,28). The number of hydrogen-bond donors (Lipinski definition) is 8. The van der Waals surface area contributed by atoms with E-state index in [2.05, 4.69) is 16.0 Å². The van der Waals surface area contributed by atoms with Gasteiger partial charge in [-0.1, -0.05) is 0 Å². The maximum absolute atomic E-state index is 12.8. The van der Waals surface area contributed by atoms with Crippen LogP contribution in [-0.4, -0.2) is 77.6 Å². The number of amides is 3. The van der Waals surface area contributed by atoms with Gasteiger partial charge in [0.05, 0.1) is 12.5 Å². The molecule has 0 aliphatic carbocycles. The van der Waals surface area contributed by atoms with Crippen molar-refractivity contribution < 1.29 is 34.2 Å². The summed E-state index contributed by atoms with van der Waals surface area (Å²) < 4.78 is 0. The Morgan fingerprint density at radius 2 is 1.19 bits per heavy atom. The van der Waals surface area contributed by atoms with E-state index in [1.54, 1.807) is 0 Å². The Morgan fingerprint density at radius 3 is 1.65 bits per heavy atom. The van der Waals surface area contributed by atoms with E-state index in [0.29, 0.717) is 38.8 Å². The number of carbonyl (C=O) groups excluding carboxylic acids is 3. The van der Waals surface area contributed by atoms with Gasteiger partial charge in [-0.15, -0.1) is 0 Å². The molecule has 0 aromatic carbocycles. The van der Waals surface area contributed by atoms with E-state index in [1.165, 1.54) is 0 Å². The van der Waals surface area contributed by atoms with Crippen molar-refractivity contribution in [2.24, 2.45) is 17.2 Å². The fraction of sp³-hybridized carbons (Fsp3) is 0.722. The van der Waals surface area contributed by atoms with E-state index in [4.69, 9.17) is 27.4 Å². The maximum Gasteiger partial charge on any atom is 0.322 e. The van der Waals surface area contributed by atoms with Gasteiger partial charge < -0.3 is 43.4 Å². The number of carbonyl (C=O) groups is 5. The Kier molecular flexibility index (Phi) is 14.6. The quantitative estimate of drug-likeness (QED) is 0.107. The molecule has 0 fully saturated rings. The Hall–Kier alpha value is -2.77. The average Bonchev–Trinajstić information content (AvgIpc) is 2.69. The number of carboxylic acids is 2. The van der Waals surface area contributed by atoms with Gasteiger partial charge >= 0.3 is 11.9 Å². The molecule has 0 radical (unpaired) electrons. The van der Waals surface area contributed by atoms with Crippen LogP contribution in [0.4, 0.5) is 0 Å². The van der Waals surface area contributed by atoms with Crippen LogP contribution in [-0.2, 0) is 24.0 Å². The van der Waals surface area contributed by atoms with E-state index in [9.17, 15) is 24.0 Å². The fourth-order valence-electron chi connectivity index (χ4n) is 2.64. The van der Waals surface area contributed by atoms with Gasteiger partial charge in [-0.05, 0) is 51.6 Å². The highest BCUT2D eigenvalue weighted by Gasteiger charge is 2.28. The summed E-state index contributed by atoms with van der Waals surface area (Å²) in [5.74, 6) is -4.66. The van der Waals surface area contributed by atoms with E-state index < -0.39 is 60.8 Å². The second-order valence-electron chi connectivity index (χ2n) is 7.01. The van der Waals surface area contributed by atoms with Crippen LogP contribution in [0.25, 0.3) is 0 Å². The highest BCUT2D eigenvalue weighted by molar-refractivity contribution is 5.94. The molecule has 0 bridgehead atoms. The van der Waals surface area contributed by atoms with Gasteiger partial charge in [0.15, 0.2) is 0 Å². The average molecular weight is 447 g/mol. The SMILES string of the molecule is NCCCCC(NC(=O)C(N)CC(=O)O)C(=O)NC(CCCCN)C(=O)NCC(=O)O. The molecule has 0 aliphatic rings. The van der Waals surface area contributed by atoms with Crippen molar-refractivity contribution in [1.82, 2.24) is 16.0 Å². The van der Waals surface area contributed by atoms with Crippen LogP contribution in [0.5, 0.6) is 0 Å². The molecule has 0 heterocycles. The second-order valence-corrected chi connectivity index (χ2v) is 7.01. The molecule has 11 N–H and O–H groups in total. The molecule has 0 aliphatic heterocycles. The molecule has 0 spiro atoms. The van der Waals surface area contributed by atoms with Gasteiger partial charge in [0.1, 0.15) is 18.6 Å². The summed E-state index contributed by atoms with van der Waals surface area (Å²) >= 11 is 0. The first kappa shape index (κ1) is 28.2. The highest BCUT2D eigenvalue weighted by atomic mass is 16.4. The molecule has 178 valence electrons. The van der Waals surface area contributed by atoms with Crippen LogP contribution in [0.1, 0.15) is 44.9 Å². The van der Waals surface area contributed by atoms with Gasteiger partial charge in [-0.3, -0.25) is 24.0 Å². The predicted molar refractivity (Wildman–Crippen MR) is 111 cm³/mol. The van der Waals surface area contributed by atoms with Crippen LogP contribution in [0.2, 0.25) is 0 Å². The molecule has 0 aromatic rings. The fourth-order valence-corrected chi connectivity index (χ4v) is 2.64. The van der Waals surface area contributed by atoms with Crippen molar-refractivity contribution in [3.8, 4) is 0 Å². The largest absolute Gasteiger partial charge is 0.481 e. The summed E-state index contributed by atoms with van der Waals surface area (Å²) in [5.41, 5.74) is 16.4. The number of carboxylic acid groups (broad SMARTS) is 2. The molecular weight excluding hydrogens is 412 g/mol. The molecule has 3 atom stereocenters. The van der Waals surface area contributed by atoms with Crippen LogP contribution < -0.4 is 33.2 Å². The van der Waals surface area contributed by atoms with Crippen LogP contribution in [0.3, 0.4) is 0 Å². The molecule has 0 saturated carbocycles. The van der Waals surface area contributed by atoms with Gasteiger partial charge in [-0.25, -0.2) is 0 Å². The number of nitrogens with two attached hydrogens (primary N) is 3. The summed E-state index contributed by atoms with van der Waals surface area (Å²) in [4.78, 5) is 58.7. The van der Waals surface area contributed by atoms with Gasteiger partial charge in [0.2, 0.25) is 17.7 Å². The van der Waals surface area contributed by atoms with Crippen molar-refractivity contribution in [3.63, 3.8) is 0 Å². The number of aliphatic carboxylic acids is 2. The van der Waals surface area contributed by atoms with E-state index in [1.807, 2.05) is 0 Å². The third kappa shape index (κ3) is 13.2. The van der Waals surface area contributed by atoms with Gasteiger partial charge in [-0.2, -0.15) is 0 Å². The number of nitrogens with one attached hydrogen (secondary N) is 3. The molecule has 3 amide bonds. The zero-order valence-corrected chi connectivity index (χ0v) is 17.5. The highest BCUT2D eigenvalue weighted by Crippen LogP contribution is 2.06. The lowest BCUT2D eigenvalue weighted by atomic mass is 10.0. The molecule has 0 aromatic heterocycles. The summed E-state index contributed by atoms with van der Waals surface area (Å²) in [6.07, 6.45) is 1.99. The number of hydrogen-bond acceptors (Lipinski definition) is 8. The Balaban J connectivity index is 5.24. The monoisotopic (exact) mass is 446 g/mol. The third-order valence-electron chi connectivity index (χ3n) is 4.30. The minimum Gasteiger partial charge on any atom is -0.481 e. The van der Waals surface area contributed by atoms with Crippen LogP contribution >= 0.6 is 0 Å². The van der Waals surface area contributed by atoms with E-state index >= 15 is 0 Å². The lowest BCUT2D eigenvalue weighted by Crippen LogP contribution is -2.56. The number of unbranched alkanes of at least 4 members (excludes halogenated alkanes) is 2. The molecule has 31 heavy (non-hydrogen) atoms. The minimum atomic E-state index is -1.35. The zero-order valence-electron chi connectivity index (χ0n) is 17.5.